The van der Waals surface area contributed by atoms with Crippen molar-refractivity contribution in [1.82, 2.24) is 5.32 Å². The second kappa shape index (κ2) is 6.40. The summed E-state index contributed by atoms with van der Waals surface area (Å²) in [7, 11) is 0. The van der Waals surface area contributed by atoms with Crippen molar-refractivity contribution in [2.75, 3.05) is 0 Å². The molecule has 0 amide bonds. The number of hydrogen-bond donors (Lipinski definition) is 1. The van der Waals surface area contributed by atoms with Crippen LogP contribution in [-0.2, 0) is 6.42 Å². The number of nitrogens with one attached hydrogen (secondary N) is 1. The normalized spacial score (nSPS) is 19.6. The van der Waals surface area contributed by atoms with Crippen LogP contribution in [0, 0.1) is 5.82 Å². The highest BCUT2D eigenvalue weighted by Gasteiger charge is 2.20. The van der Waals surface area contributed by atoms with Gasteiger partial charge in [0.25, 0.3) is 0 Å². The van der Waals surface area contributed by atoms with Crippen molar-refractivity contribution in [1.29, 1.82) is 0 Å². The molecule has 2 heteroatoms. The third kappa shape index (κ3) is 3.33. The monoisotopic (exact) mass is 283 g/mol. The van der Waals surface area contributed by atoms with E-state index in [0.717, 1.165) is 12.0 Å². The zero-order valence-corrected chi connectivity index (χ0v) is 12.5. The lowest BCUT2D eigenvalue weighted by atomic mass is 9.97. The van der Waals surface area contributed by atoms with Crippen molar-refractivity contribution >= 4 is 0 Å². The SMILES string of the molecule is C[C@H](NC1CCCCc2ccccc21)c1cccc(F)c1. The van der Waals surface area contributed by atoms with Gasteiger partial charge in [-0.25, -0.2) is 4.39 Å². The lowest BCUT2D eigenvalue weighted by Gasteiger charge is -2.24. The minimum atomic E-state index is -0.164. The summed E-state index contributed by atoms with van der Waals surface area (Å²) in [5.41, 5.74) is 3.88. The first-order valence-corrected chi connectivity index (χ1v) is 7.83. The molecule has 0 radical (unpaired) electrons. The summed E-state index contributed by atoms with van der Waals surface area (Å²) in [5.74, 6) is -0.164. The predicted molar refractivity (Wildman–Crippen MR) is 84.7 cm³/mol. The van der Waals surface area contributed by atoms with Gasteiger partial charge < -0.3 is 5.32 Å². The summed E-state index contributed by atoms with van der Waals surface area (Å²) in [5, 5.41) is 3.69. The zero-order valence-electron chi connectivity index (χ0n) is 12.5. The number of rotatable bonds is 3. The third-order valence-corrected chi connectivity index (χ3v) is 4.42. The van der Waals surface area contributed by atoms with Gasteiger partial charge in [-0.05, 0) is 55.0 Å². The van der Waals surface area contributed by atoms with Gasteiger partial charge in [0.2, 0.25) is 0 Å². The van der Waals surface area contributed by atoms with E-state index in [4.69, 9.17) is 0 Å². The molecule has 2 atom stereocenters. The van der Waals surface area contributed by atoms with E-state index < -0.39 is 0 Å². The Morgan fingerprint density at radius 2 is 1.95 bits per heavy atom. The number of fused-ring (bicyclic) bond motifs is 1. The van der Waals surface area contributed by atoms with Crippen LogP contribution in [0.5, 0.6) is 0 Å². The van der Waals surface area contributed by atoms with Gasteiger partial charge in [0.15, 0.2) is 0 Å². The Morgan fingerprint density at radius 1 is 1.10 bits per heavy atom. The Bertz CT molecular complexity index is 608. The van der Waals surface area contributed by atoms with Gasteiger partial charge in [0, 0.05) is 12.1 Å². The van der Waals surface area contributed by atoms with E-state index in [1.807, 2.05) is 6.07 Å². The van der Waals surface area contributed by atoms with Crippen LogP contribution in [0.1, 0.15) is 55.0 Å². The summed E-state index contributed by atoms with van der Waals surface area (Å²) >= 11 is 0. The van der Waals surface area contributed by atoms with Gasteiger partial charge in [0.1, 0.15) is 5.82 Å². The Balaban J connectivity index is 1.81. The van der Waals surface area contributed by atoms with Crippen molar-refractivity contribution in [3.8, 4) is 0 Å². The zero-order chi connectivity index (χ0) is 14.7. The summed E-state index contributed by atoms with van der Waals surface area (Å²) in [6.07, 6.45) is 4.81. The van der Waals surface area contributed by atoms with Crippen molar-refractivity contribution < 1.29 is 4.39 Å². The molecule has 1 N–H and O–H groups in total. The first-order valence-electron chi connectivity index (χ1n) is 7.83. The van der Waals surface area contributed by atoms with Crippen LogP contribution in [0.15, 0.2) is 48.5 Å². The van der Waals surface area contributed by atoms with Crippen LogP contribution in [0.4, 0.5) is 4.39 Å². The van der Waals surface area contributed by atoms with E-state index in [0.29, 0.717) is 6.04 Å². The molecule has 0 fully saturated rings. The van der Waals surface area contributed by atoms with E-state index in [-0.39, 0.29) is 11.9 Å². The highest BCUT2D eigenvalue weighted by atomic mass is 19.1. The van der Waals surface area contributed by atoms with E-state index in [9.17, 15) is 4.39 Å². The van der Waals surface area contributed by atoms with E-state index in [1.54, 1.807) is 12.1 Å². The summed E-state index contributed by atoms with van der Waals surface area (Å²) in [4.78, 5) is 0. The fourth-order valence-electron chi connectivity index (χ4n) is 3.27. The third-order valence-electron chi connectivity index (χ3n) is 4.42. The maximum atomic E-state index is 13.4. The molecule has 0 aromatic heterocycles. The molecule has 0 bridgehead atoms. The van der Waals surface area contributed by atoms with Crippen LogP contribution in [0.2, 0.25) is 0 Å². The molecular weight excluding hydrogens is 261 g/mol. The molecule has 1 nitrogen and oxygen atoms in total. The standard InChI is InChI=1S/C19H22FN/c1-14(16-9-6-10-17(20)13-16)21-19-12-5-3-8-15-7-2-4-11-18(15)19/h2,4,6-7,9-11,13-14,19,21H,3,5,8,12H2,1H3/t14-,19?/m0/s1. The molecule has 21 heavy (non-hydrogen) atoms. The van der Waals surface area contributed by atoms with Crippen LogP contribution >= 0.6 is 0 Å². The van der Waals surface area contributed by atoms with Gasteiger partial charge in [-0.15, -0.1) is 0 Å². The fourth-order valence-corrected chi connectivity index (χ4v) is 3.27. The first kappa shape index (κ1) is 14.3. The highest BCUT2D eigenvalue weighted by molar-refractivity contribution is 5.31. The Hall–Kier alpha value is -1.67. The van der Waals surface area contributed by atoms with Crippen LogP contribution in [0.3, 0.4) is 0 Å². The molecule has 1 aliphatic rings. The summed E-state index contributed by atoms with van der Waals surface area (Å²) < 4.78 is 13.4. The molecule has 1 unspecified atom stereocenters. The predicted octanol–water partition coefficient (Wildman–Crippen LogP) is 4.94. The fraction of sp³-hybridized carbons (Fsp3) is 0.368. The molecule has 110 valence electrons. The molecular formula is C19H22FN. The van der Waals surface area contributed by atoms with Crippen LogP contribution in [-0.4, -0.2) is 0 Å². The maximum Gasteiger partial charge on any atom is 0.123 e. The van der Waals surface area contributed by atoms with E-state index >= 15 is 0 Å². The van der Waals surface area contributed by atoms with Crippen molar-refractivity contribution in [3.63, 3.8) is 0 Å². The van der Waals surface area contributed by atoms with Gasteiger partial charge in [0.05, 0.1) is 0 Å². The minimum absolute atomic E-state index is 0.150. The van der Waals surface area contributed by atoms with Gasteiger partial charge in [-0.1, -0.05) is 42.8 Å². The summed E-state index contributed by atoms with van der Waals surface area (Å²) in [6, 6.07) is 16.1. The van der Waals surface area contributed by atoms with Crippen molar-refractivity contribution in [2.45, 2.75) is 44.7 Å². The molecule has 0 spiro atoms. The van der Waals surface area contributed by atoms with Gasteiger partial charge >= 0.3 is 0 Å². The average molecular weight is 283 g/mol. The second-order valence-electron chi connectivity index (χ2n) is 5.94. The highest BCUT2D eigenvalue weighted by Crippen LogP contribution is 2.30. The summed E-state index contributed by atoms with van der Waals surface area (Å²) in [6.45, 7) is 2.11. The average Bonchev–Trinajstić information content (AvgIpc) is 2.70. The molecule has 0 saturated heterocycles. The largest absolute Gasteiger partial charge is 0.303 e. The minimum Gasteiger partial charge on any atom is -0.303 e. The Labute approximate surface area is 126 Å². The van der Waals surface area contributed by atoms with Crippen LogP contribution in [0.25, 0.3) is 0 Å². The first-order chi connectivity index (χ1) is 10.2. The molecule has 0 saturated carbocycles. The van der Waals surface area contributed by atoms with Crippen molar-refractivity contribution in [2.24, 2.45) is 0 Å². The quantitative estimate of drug-likeness (QED) is 0.786. The van der Waals surface area contributed by atoms with Gasteiger partial charge in [-0.2, -0.15) is 0 Å². The van der Waals surface area contributed by atoms with Gasteiger partial charge in [-0.3, -0.25) is 0 Å². The number of halogens is 1. The van der Waals surface area contributed by atoms with E-state index in [1.165, 1.54) is 36.5 Å². The lowest BCUT2D eigenvalue weighted by molar-refractivity contribution is 0.436. The molecule has 2 aromatic rings. The Morgan fingerprint density at radius 3 is 2.81 bits per heavy atom. The molecule has 1 aliphatic carbocycles. The maximum absolute atomic E-state index is 13.4. The molecule has 2 aromatic carbocycles. The number of benzene rings is 2. The Kier molecular flexibility index (Phi) is 4.35. The van der Waals surface area contributed by atoms with Crippen molar-refractivity contribution in [3.05, 3.63) is 71.0 Å². The van der Waals surface area contributed by atoms with E-state index in [2.05, 4.69) is 36.5 Å². The number of hydrogen-bond acceptors (Lipinski definition) is 1. The molecule has 0 aliphatic heterocycles. The second-order valence-corrected chi connectivity index (χ2v) is 5.94. The van der Waals surface area contributed by atoms with Crippen LogP contribution < -0.4 is 5.32 Å². The topological polar surface area (TPSA) is 12.0 Å². The molecule has 3 rings (SSSR count). The number of aryl methyl sites for hydroxylation is 1. The lowest BCUT2D eigenvalue weighted by Crippen LogP contribution is -2.25. The molecule has 0 heterocycles. The smallest absolute Gasteiger partial charge is 0.123 e.